The molecule has 0 radical (unpaired) electrons. The quantitative estimate of drug-likeness (QED) is 0.715. The van der Waals surface area contributed by atoms with Gasteiger partial charge in [0, 0.05) is 6.07 Å². The Morgan fingerprint density at radius 1 is 1.67 bits per heavy atom. The molecule has 0 fully saturated rings. The summed E-state index contributed by atoms with van der Waals surface area (Å²) in [5.41, 5.74) is -1.20. The van der Waals surface area contributed by atoms with E-state index in [1.54, 1.807) is 0 Å². The number of aldehydes is 1. The van der Waals surface area contributed by atoms with Crippen molar-refractivity contribution in [2.75, 3.05) is 7.11 Å². The first-order chi connectivity index (χ1) is 7.13. The summed E-state index contributed by atoms with van der Waals surface area (Å²) in [7, 11) is 1.18. The summed E-state index contributed by atoms with van der Waals surface area (Å²) in [6.45, 7) is 0. The van der Waals surface area contributed by atoms with Crippen molar-refractivity contribution in [3.8, 4) is 11.8 Å². The molecule has 0 saturated heterocycles. The van der Waals surface area contributed by atoms with Crippen molar-refractivity contribution in [1.29, 1.82) is 5.26 Å². The van der Waals surface area contributed by atoms with Crippen molar-refractivity contribution in [2.24, 2.45) is 0 Å². The lowest BCUT2D eigenvalue weighted by molar-refractivity contribution is 0.111. The molecule has 6 heteroatoms. The number of carbonyl (C=O) groups excluding carboxylic acids is 1. The standard InChI is InChI=1S/C9H6F2N2O2/c1-15-7-2-5(4-14)13-6(3-12)8(7)9(10)11/h2,4,9H,1H3. The maximum absolute atomic E-state index is 12.5. The first kappa shape index (κ1) is 11.0. The second-order valence-corrected chi connectivity index (χ2v) is 2.54. The fraction of sp³-hybridized carbons (Fsp3) is 0.222. The van der Waals surface area contributed by atoms with E-state index >= 15 is 0 Å². The molecule has 0 amide bonds. The first-order valence-electron chi connectivity index (χ1n) is 3.86. The molecule has 0 saturated carbocycles. The molecule has 1 aromatic rings. The molecule has 0 aromatic carbocycles. The zero-order chi connectivity index (χ0) is 11.4. The minimum absolute atomic E-state index is 0.118. The number of alkyl halides is 2. The van der Waals surface area contributed by atoms with Crippen molar-refractivity contribution < 1.29 is 18.3 Å². The van der Waals surface area contributed by atoms with E-state index in [2.05, 4.69) is 9.72 Å². The SMILES string of the molecule is COc1cc(C=O)nc(C#N)c1C(F)F. The van der Waals surface area contributed by atoms with E-state index in [1.165, 1.54) is 13.2 Å². The van der Waals surface area contributed by atoms with Gasteiger partial charge in [-0.05, 0) is 0 Å². The molecule has 15 heavy (non-hydrogen) atoms. The van der Waals surface area contributed by atoms with Gasteiger partial charge in [0.15, 0.2) is 12.0 Å². The lowest BCUT2D eigenvalue weighted by Gasteiger charge is -2.08. The molecule has 0 N–H and O–H groups in total. The van der Waals surface area contributed by atoms with Gasteiger partial charge in [-0.3, -0.25) is 4.79 Å². The predicted molar refractivity (Wildman–Crippen MR) is 45.8 cm³/mol. The Balaban J connectivity index is 3.47. The van der Waals surface area contributed by atoms with E-state index in [0.717, 1.165) is 6.07 Å². The third-order valence-electron chi connectivity index (χ3n) is 1.71. The topological polar surface area (TPSA) is 63.0 Å². The van der Waals surface area contributed by atoms with Crippen molar-refractivity contribution in [1.82, 2.24) is 4.98 Å². The number of methoxy groups -OCH3 is 1. The normalized spacial score (nSPS) is 9.80. The zero-order valence-electron chi connectivity index (χ0n) is 7.70. The van der Waals surface area contributed by atoms with Crippen LogP contribution >= 0.6 is 0 Å². The number of hydrogen-bond acceptors (Lipinski definition) is 4. The highest BCUT2D eigenvalue weighted by Gasteiger charge is 2.21. The number of rotatable bonds is 3. The van der Waals surface area contributed by atoms with Gasteiger partial charge in [0.25, 0.3) is 6.43 Å². The van der Waals surface area contributed by atoms with E-state index in [9.17, 15) is 13.6 Å². The van der Waals surface area contributed by atoms with Crippen LogP contribution in [0.25, 0.3) is 0 Å². The van der Waals surface area contributed by atoms with Gasteiger partial charge >= 0.3 is 0 Å². The van der Waals surface area contributed by atoms with Crippen LogP contribution in [0.5, 0.6) is 5.75 Å². The third-order valence-corrected chi connectivity index (χ3v) is 1.71. The van der Waals surface area contributed by atoms with Gasteiger partial charge in [0.2, 0.25) is 0 Å². The van der Waals surface area contributed by atoms with E-state index in [0.29, 0.717) is 6.29 Å². The molecular formula is C9H6F2N2O2. The molecule has 1 aromatic heterocycles. The Morgan fingerprint density at radius 3 is 2.73 bits per heavy atom. The van der Waals surface area contributed by atoms with E-state index < -0.39 is 17.7 Å². The average molecular weight is 212 g/mol. The highest BCUT2D eigenvalue weighted by molar-refractivity contribution is 5.73. The molecule has 0 spiro atoms. The summed E-state index contributed by atoms with van der Waals surface area (Å²) in [5.74, 6) is -0.210. The van der Waals surface area contributed by atoms with Crippen molar-refractivity contribution in [3.63, 3.8) is 0 Å². The second-order valence-electron chi connectivity index (χ2n) is 2.54. The van der Waals surface area contributed by atoms with Gasteiger partial charge in [-0.1, -0.05) is 0 Å². The molecule has 0 atom stereocenters. The average Bonchev–Trinajstić information content (AvgIpc) is 2.26. The molecule has 0 bridgehead atoms. The summed E-state index contributed by atoms with van der Waals surface area (Å²) in [5, 5.41) is 8.59. The molecule has 0 aliphatic carbocycles. The summed E-state index contributed by atoms with van der Waals surface area (Å²) in [6.07, 6.45) is -2.51. The van der Waals surface area contributed by atoms with Crippen LogP contribution in [0, 0.1) is 11.3 Å². The number of hydrogen-bond donors (Lipinski definition) is 0. The van der Waals surface area contributed by atoms with Gasteiger partial charge in [-0.15, -0.1) is 0 Å². The lowest BCUT2D eigenvalue weighted by atomic mass is 10.1. The lowest BCUT2D eigenvalue weighted by Crippen LogP contribution is -2.02. The van der Waals surface area contributed by atoms with E-state index in [1.807, 2.05) is 0 Å². The number of nitriles is 1. The molecule has 0 unspecified atom stereocenters. The molecule has 0 aliphatic heterocycles. The highest BCUT2D eigenvalue weighted by Crippen LogP contribution is 2.31. The van der Waals surface area contributed by atoms with Gasteiger partial charge in [0.1, 0.15) is 17.5 Å². The summed E-state index contributed by atoms with van der Waals surface area (Å²) < 4.78 is 29.7. The van der Waals surface area contributed by atoms with Gasteiger partial charge < -0.3 is 4.74 Å². The number of halogens is 2. The minimum Gasteiger partial charge on any atom is -0.496 e. The fourth-order valence-electron chi connectivity index (χ4n) is 1.08. The van der Waals surface area contributed by atoms with Crippen molar-refractivity contribution in [3.05, 3.63) is 23.0 Å². The van der Waals surface area contributed by atoms with E-state index in [-0.39, 0.29) is 11.4 Å². The van der Waals surface area contributed by atoms with Gasteiger partial charge in [0.05, 0.1) is 12.7 Å². The Morgan fingerprint density at radius 2 is 2.33 bits per heavy atom. The number of nitrogens with zero attached hydrogens (tertiary/aromatic N) is 2. The molecule has 0 aliphatic rings. The fourth-order valence-corrected chi connectivity index (χ4v) is 1.08. The second kappa shape index (κ2) is 4.46. The Hall–Kier alpha value is -2.03. The van der Waals surface area contributed by atoms with E-state index in [4.69, 9.17) is 5.26 Å². The minimum atomic E-state index is -2.87. The van der Waals surface area contributed by atoms with Crippen molar-refractivity contribution in [2.45, 2.75) is 6.43 Å². The maximum Gasteiger partial charge on any atom is 0.270 e. The summed E-state index contributed by atoms with van der Waals surface area (Å²) in [6, 6.07) is 2.56. The summed E-state index contributed by atoms with van der Waals surface area (Å²) >= 11 is 0. The highest BCUT2D eigenvalue weighted by atomic mass is 19.3. The largest absolute Gasteiger partial charge is 0.496 e. The monoisotopic (exact) mass is 212 g/mol. The number of pyridine rings is 1. The van der Waals surface area contributed by atoms with Gasteiger partial charge in [-0.25, -0.2) is 13.8 Å². The smallest absolute Gasteiger partial charge is 0.270 e. The molecule has 1 heterocycles. The number of ether oxygens (including phenoxy) is 1. The maximum atomic E-state index is 12.5. The van der Waals surface area contributed by atoms with Gasteiger partial charge in [-0.2, -0.15) is 5.26 Å². The van der Waals surface area contributed by atoms with Crippen LogP contribution in [0.4, 0.5) is 8.78 Å². The van der Waals surface area contributed by atoms with Crippen LogP contribution in [0.3, 0.4) is 0 Å². The number of aromatic nitrogens is 1. The molecular weight excluding hydrogens is 206 g/mol. The van der Waals surface area contributed by atoms with Crippen LogP contribution in [-0.4, -0.2) is 18.4 Å². The number of carbonyl (C=O) groups is 1. The summed E-state index contributed by atoms with van der Waals surface area (Å²) in [4.78, 5) is 13.9. The van der Waals surface area contributed by atoms with Crippen LogP contribution < -0.4 is 4.74 Å². The van der Waals surface area contributed by atoms with Crippen LogP contribution in [0.1, 0.15) is 28.2 Å². The Bertz CT molecular complexity index is 427. The first-order valence-corrected chi connectivity index (χ1v) is 3.86. The Labute approximate surface area is 84.1 Å². The third kappa shape index (κ3) is 2.07. The molecule has 78 valence electrons. The zero-order valence-corrected chi connectivity index (χ0v) is 7.70. The van der Waals surface area contributed by atoms with Crippen LogP contribution in [-0.2, 0) is 0 Å². The van der Waals surface area contributed by atoms with Crippen molar-refractivity contribution >= 4 is 6.29 Å². The molecule has 1 rings (SSSR count). The van der Waals surface area contributed by atoms with Crippen LogP contribution in [0.2, 0.25) is 0 Å². The predicted octanol–water partition coefficient (Wildman–Crippen LogP) is 1.71. The van der Waals surface area contributed by atoms with Crippen LogP contribution in [0.15, 0.2) is 6.07 Å². The molecule has 4 nitrogen and oxygen atoms in total. The Kier molecular flexibility index (Phi) is 3.29.